The molecule has 2 N–H and O–H groups in total. The van der Waals surface area contributed by atoms with E-state index in [4.69, 9.17) is 5.73 Å². The fraction of sp³-hybridized carbons (Fsp3) is 0.625. The van der Waals surface area contributed by atoms with E-state index < -0.39 is 0 Å². The van der Waals surface area contributed by atoms with Crippen LogP contribution in [0.5, 0.6) is 0 Å². The molecule has 0 bridgehead atoms. The van der Waals surface area contributed by atoms with Crippen molar-refractivity contribution in [1.29, 1.82) is 0 Å². The molecule has 1 aromatic rings. The van der Waals surface area contributed by atoms with Gasteiger partial charge in [0.15, 0.2) is 0 Å². The van der Waals surface area contributed by atoms with Crippen molar-refractivity contribution in [2.45, 2.75) is 38.8 Å². The van der Waals surface area contributed by atoms with Crippen molar-refractivity contribution in [2.75, 3.05) is 32.6 Å². The van der Waals surface area contributed by atoms with E-state index >= 15 is 0 Å². The summed E-state index contributed by atoms with van der Waals surface area (Å²) in [4.78, 5) is 4.51. The van der Waals surface area contributed by atoms with Crippen LogP contribution in [0.25, 0.3) is 0 Å². The molecule has 108 valence electrons. The number of rotatable bonds is 7. The molecule has 2 atom stereocenters. The number of nitrogens with zero attached hydrogens (tertiary/aromatic N) is 2. The quantitative estimate of drug-likeness (QED) is 0.821. The summed E-state index contributed by atoms with van der Waals surface area (Å²) in [5.41, 5.74) is 8.52. The molecule has 0 saturated carbocycles. The van der Waals surface area contributed by atoms with E-state index in [1.165, 1.54) is 24.1 Å². The molecule has 0 heterocycles. The predicted octanol–water partition coefficient (Wildman–Crippen LogP) is 2.87. The molecule has 2 unspecified atom stereocenters. The normalized spacial score (nSPS) is 14.5. The molecule has 19 heavy (non-hydrogen) atoms. The zero-order valence-electron chi connectivity index (χ0n) is 13.1. The van der Waals surface area contributed by atoms with Crippen LogP contribution in [-0.4, -0.2) is 38.6 Å². The molecule has 0 radical (unpaired) electrons. The first-order valence-corrected chi connectivity index (χ1v) is 7.20. The Bertz CT molecular complexity index is 359. The number of benzene rings is 1. The summed E-state index contributed by atoms with van der Waals surface area (Å²) in [6.45, 7) is 5.17. The zero-order chi connectivity index (χ0) is 14.4. The van der Waals surface area contributed by atoms with Gasteiger partial charge >= 0.3 is 0 Å². The van der Waals surface area contributed by atoms with Gasteiger partial charge in [0.1, 0.15) is 0 Å². The molecule has 0 fully saturated rings. The highest BCUT2D eigenvalue weighted by atomic mass is 15.2. The number of hydrogen-bond donors (Lipinski definition) is 1. The minimum Gasteiger partial charge on any atom is -0.378 e. The fourth-order valence-electron chi connectivity index (χ4n) is 2.46. The molecule has 1 aromatic carbocycles. The van der Waals surface area contributed by atoms with Crippen molar-refractivity contribution in [2.24, 2.45) is 5.73 Å². The Kier molecular flexibility index (Phi) is 6.32. The number of likely N-dealkylation sites (N-methyl/N-ethyl adjacent to an activating group) is 1. The number of anilines is 1. The fourth-order valence-corrected chi connectivity index (χ4v) is 2.46. The Morgan fingerprint density at radius 2 is 1.68 bits per heavy atom. The summed E-state index contributed by atoms with van der Waals surface area (Å²) in [5, 5.41) is 0. The maximum Gasteiger partial charge on any atom is 0.0470 e. The van der Waals surface area contributed by atoms with Crippen LogP contribution >= 0.6 is 0 Å². The summed E-state index contributed by atoms with van der Waals surface area (Å²) in [6.07, 6.45) is 2.42. The molecule has 1 rings (SSSR count). The van der Waals surface area contributed by atoms with Crippen molar-refractivity contribution in [3.8, 4) is 0 Å². The molecular weight excluding hydrogens is 234 g/mol. The highest BCUT2D eigenvalue weighted by Crippen LogP contribution is 2.24. The molecule has 3 heteroatoms. The summed E-state index contributed by atoms with van der Waals surface area (Å²) < 4.78 is 0. The highest BCUT2D eigenvalue weighted by molar-refractivity contribution is 5.46. The van der Waals surface area contributed by atoms with E-state index in [2.05, 4.69) is 69.1 Å². The van der Waals surface area contributed by atoms with Crippen LogP contribution in [0.2, 0.25) is 0 Å². The van der Waals surface area contributed by atoms with Crippen molar-refractivity contribution in [3.63, 3.8) is 0 Å². The lowest BCUT2D eigenvalue weighted by molar-refractivity contribution is 0.180. The minimum atomic E-state index is 0.303. The first-order valence-electron chi connectivity index (χ1n) is 7.20. The molecule has 0 amide bonds. The van der Waals surface area contributed by atoms with Gasteiger partial charge in [-0.2, -0.15) is 0 Å². The van der Waals surface area contributed by atoms with E-state index in [1.54, 1.807) is 0 Å². The van der Waals surface area contributed by atoms with Crippen LogP contribution in [0.1, 0.15) is 38.3 Å². The Morgan fingerprint density at radius 1 is 1.11 bits per heavy atom. The van der Waals surface area contributed by atoms with Crippen molar-refractivity contribution in [1.82, 2.24) is 4.90 Å². The van der Waals surface area contributed by atoms with Gasteiger partial charge in [-0.1, -0.05) is 25.5 Å². The SMILES string of the molecule is CCCC(C)N(C)C(CN)c1ccc(N(C)C)cc1. The topological polar surface area (TPSA) is 32.5 Å². The van der Waals surface area contributed by atoms with E-state index in [-0.39, 0.29) is 0 Å². The van der Waals surface area contributed by atoms with Crippen LogP contribution < -0.4 is 10.6 Å². The van der Waals surface area contributed by atoms with Gasteiger partial charge in [0, 0.05) is 38.4 Å². The van der Waals surface area contributed by atoms with Gasteiger partial charge in [0.05, 0.1) is 0 Å². The van der Waals surface area contributed by atoms with E-state index in [9.17, 15) is 0 Å². The molecule has 0 saturated heterocycles. The van der Waals surface area contributed by atoms with Crippen LogP contribution in [-0.2, 0) is 0 Å². The largest absolute Gasteiger partial charge is 0.378 e. The lowest BCUT2D eigenvalue weighted by Crippen LogP contribution is -2.37. The minimum absolute atomic E-state index is 0.303. The van der Waals surface area contributed by atoms with Crippen molar-refractivity contribution < 1.29 is 0 Å². The second-order valence-electron chi connectivity index (χ2n) is 5.54. The van der Waals surface area contributed by atoms with Crippen LogP contribution in [0.3, 0.4) is 0 Å². The Labute approximate surface area is 118 Å². The van der Waals surface area contributed by atoms with Crippen LogP contribution in [0.4, 0.5) is 5.69 Å². The van der Waals surface area contributed by atoms with Crippen molar-refractivity contribution >= 4 is 5.69 Å². The average Bonchev–Trinajstić information content (AvgIpc) is 2.40. The van der Waals surface area contributed by atoms with Gasteiger partial charge in [-0.25, -0.2) is 0 Å². The third-order valence-corrected chi connectivity index (χ3v) is 3.91. The third kappa shape index (κ3) is 4.22. The van der Waals surface area contributed by atoms with Gasteiger partial charge in [-0.15, -0.1) is 0 Å². The second-order valence-corrected chi connectivity index (χ2v) is 5.54. The molecule has 0 aromatic heterocycles. The van der Waals surface area contributed by atoms with Gasteiger partial charge in [0.25, 0.3) is 0 Å². The van der Waals surface area contributed by atoms with Crippen LogP contribution in [0, 0.1) is 0 Å². The summed E-state index contributed by atoms with van der Waals surface area (Å²) in [6, 6.07) is 9.58. The summed E-state index contributed by atoms with van der Waals surface area (Å²) in [7, 11) is 6.30. The smallest absolute Gasteiger partial charge is 0.0470 e. The van der Waals surface area contributed by atoms with Gasteiger partial charge in [-0.05, 0) is 38.1 Å². The van der Waals surface area contributed by atoms with Crippen LogP contribution in [0.15, 0.2) is 24.3 Å². The van der Waals surface area contributed by atoms with Gasteiger partial charge in [0.2, 0.25) is 0 Å². The Hall–Kier alpha value is -1.06. The second kappa shape index (κ2) is 7.51. The molecule has 0 aliphatic carbocycles. The zero-order valence-corrected chi connectivity index (χ0v) is 13.1. The van der Waals surface area contributed by atoms with Gasteiger partial charge in [-0.3, -0.25) is 4.90 Å². The molecule has 3 nitrogen and oxygen atoms in total. The molecule has 0 aliphatic heterocycles. The van der Waals surface area contributed by atoms with E-state index in [1.807, 2.05) is 0 Å². The average molecular weight is 263 g/mol. The monoisotopic (exact) mass is 263 g/mol. The predicted molar refractivity (Wildman–Crippen MR) is 84.7 cm³/mol. The van der Waals surface area contributed by atoms with E-state index in [0.717, 1.165) is 0 Å². The lowest BCUT2D eigenvalue weighted by Gasteiger charge is -2.33. The first-order chi connectivity index (χ1) is 9.01. The standard InChI is InChI=1S/C16H29N3/c1-6-7-13(2)19(5)16(12-17)14-8-10-15(11-9-14)18(3)4/h8-11,13,16H,6-7,12,17H2,1-5H3. The van der Waals surface area contributed by atoms with Gasteiger partial charge < -0.3 is 10.6 Å². The summed E-state index contributed by atoms with van der Waals surface area (Å²) >= 11 is 0. The summed E-state index contributed by atoms with van der Waals surface area (Å²) in [5.74, 6) is 0. The molecular formula is C16H29N3. The third-order valence-electron chi connectivity index (χ3n) is 3.91. The highest BCUT2D eigenvalue weighted by Gasteiger charge is 2.19. The maximum absolute atomic E-state index is 5.99. The first kappa shape index (κ1) is 16.0. The molecule has 0 spiro atoms. The number of nitrogens with two attached hydrogens (primary N) is 1. The lowest BCUT2D eigenvalue weighted by atomic mass is 10.0. The Morgan fingerprint density at radius 3 is 2.11 bits per heavy atom. The Balaban J connectivity index is 2.84. The maximum atomic E-state index is 5.99. The molecule has 0 aliphatic rings. The van der Waals surface area contributed by atoms with E-state index in [0.29, 0.717) is 18.6 Å². The number of hydrogen-bond acceptors (Lipinski definition) is 3. The van der Waals surface area contributed by atoms with Crippen molar-refractivity contribution in [3.05, 3.63) is 29.8 Å².